The maximum Gasteiger partial charge on any atom is 0.307 e. The summed E-state index contributed by atoms with van der Waals surface area (Å²) in [7, 11) is -3.71. The van der Waals surface area contributed by atoms with Crippen LogP contribution < -0.4 is 4.72 Å². The zero-order chi connectivity index (χ0) is 20.1. The van der Waals surface area contributed by atoms with Gasteiger partial charge in [-0.15, -0.1) is 0 Å². The third-order valence-electron chi connectivity index (χ3n) is 4.30. The third-order valence-corrected chi connectivity index (χ3v) is 6.11. The summed E-state index contributed by atoms with van der Waals surface area (Å²) in [6.45, 7) is 1.67. The topological polar surface area (TPSA) is 72.5 Å². The SMILES string of the molecule is CC(OC(=O)CCNS(=O)(=O)c1ccc2ccccc2c1)c1ccccc1Cl. The van der Waals surface area contributed by atoms with Crippen molar-refractivity contribution in [3.05, 3.63) is 77.3 Å². The average molecular weight is 418 g/mol. The van der Waals surface area contributed by atoms with E-state index in [-0.39, 0.29) is 17.9 Å². The van der Waals surface area contributed by atoms with Crippen LogP contribution in [0.1, 0.15) is 25.0 Å². The Labute approximate surface area is 169 Å². The van der Waals surface area contributed by atoms with Crippen LogP contribution in [0.15, 0.2) is 71.6 Å². The second-order valence-electron chi connectivity index (χ2n) is 6.31. The quantitative estimate of drug-likeness (QED) is 0.576. The molecule has 7 heteroatoms. The van der Waals surface area contributed by atoms with E-state index in [2.05, 4.69) is 4.72 Å². The van der Waals surface area contributed by atoms with Crippen LogP contribution in [0, 0.1) is 0 Å². The van der Waals surface area contributed by atoms with Crippen LogP contribution in [0.2, 0.25) is 5.02 Å². The Morgan fingerprint density at radius 3 is 2.46 bits per heavy atom. The van der Waals surface area contributed by atoms with Crippen molar-refractivity contribution in [2.45, 2.75) is 24.3 Å². The number of ether oxygens (including phenoxy) is 1. The molecule has 0 fully saturated rings. The van der Waals surface area contributed by atoms with Gasteiger partial charge in [0.2, 0.25) is 10.0 Å². The first-order valence-corrected chi connectivity index (χ1v) is 10.7. The van der Waals surface area contributed by atoms with E-state index in [1.807, 2.05) is 30.3 Å². The van der Waals surface area contributed by atoms with Gasteiger partial charge in [-0.3, -0.25) is 4.79 Å². The smallest absolute Gasteiger partial charge is 0.307 e. The molecule has 1 unspecified atom stereocenters. The third kappa shape index (κ3) is 4.90. The van der Waals surface area contributed by atoms with Crippen LogP contribution in [0.4, 0.5) is 0 Å². The van der Waals surface area contributed by atoms with Gasteiger partial charge in [0.05, 0.1) is 11.3 Å². The first-order valence-electron chi connectivity index (χ1n) is 8.79. The maximum absolute atomic E-state index is 12.5. The van der Waals surface area contributed by atoms with E-state index in [0.717, 1.165) is 10.8 Å². The van der Waals surface area contributed by atoms with E-state index in [1.54, 1.807) is 43.3 Å². The summed E-state index contributed by atoms with van der Waals surface area (Å²) in [5, 5.41) is 2.30. The average Bonchev–Trinajstić information content (AvgIpc) is 2.67. The first kappa shape index (κ1) is 20.3. The number of benzene rings is 3. The number of sulfonamides is 1. The molecular formula is C21H20ClNO4S. The number of nitrogens with one attached hydrogen (secondary N) is 1. The zero-order valence-corrected chi connectivity index (χ0v) is 16.8. The van der Waals surface area contributed by atoms with Crippen molar-refractivity contribution in [3.63, 3.8) is 0 Å². The lowest BCUT2D eigenvalue weighted by Gasteiger charge is -2.15. The van der Waals surface area contributed by atoms with Crippen molar-refractivity contribution in [2.24, 2.45) is 0 Å². The molecule has 0 spiro atoms. The van der Waals surface area contributed by atoms with E-state index in [1.165, 1.54) is 0 Å². The summed E-state index contributed by atoms with van der Waals surface area (Å²) >= 11 is 6.09. The molecule has 1 atom stereocenters. The number of fused-ring (bicyclic) bond motifs is 1. The number of esters is 1. The number of hydrogen-bond acceptors (Lipinski definition) is 4. The fourth-order valence-corrected chi connectivity index (χ4v) is 4.19. The molecule has 0 bridgehead atoms. The Kier molecular flexibility index (Phi) is 6.34. The maximum atomic E-state index is 12.5. The first-order chi connectivity index (χ1) is 13.4. The highest BCUT2D eigenvalue weighted by Crippen LogP contribution is 2.25. The summed E-state index contributed by atoms with van der Waals surface area (Å²) < 4.78 is 32.7. The van der Waals surface area contributed by atoms with Gasteiger partial charge >= 0.3 is 5.97 Å². The van der Waals surface area contributed by atoms with E-state index < -0.39 is 22.1 Å². The normalized spacial score (nSPS) is 12.6. The molecular weight excluding hydrogens is 398 g/mol. The standard InChI is InChI=1S/C21H20ClNO4S/c1-15(19-8-4-5-9-20(19)22)27-21(24)12-13-23-28(25,26)18-11-10-16-6-2-3-7-17(16)14-18/h2-11,14-15,23H,12-13H2,1H3. The molecule has 28 heavy (non-hydrogen) atoms. The molecule has 0 amide bonds. The second kappa shape index (κ2) is 8.73. The van der Waals surface area contributed by atoms with Crippen LogP contribution in [0.5, 0.6) is 0 Å². The molecule has 0 saturated heterocycles. The molecule has 1 N–H and O–H groups in total. The molecule has 5 nitrogen and oxygen atoms in total. The lowest BCUT2D eigenvalue weighted by molar-refractivity contribution is -0.148. The van der Waals surface area contributed by atoms with E-state index in [9.17, 15) is 13.2 Å². The summed E-state index contributed by atoms with van der Waals surface area (Å²) in [6.07, 6.45) is -0.597. The van der Waals surface area contributed by atoms with Crippen molar-refractivity contribution >= 4 is 38.4 Å². The molecule has 3 aromatic carbocycles. The Hall–Kier alpha value is -2.41. The Morgan fingerprint density at radius 2 is 1.71 bits per heavy atom. The molecule has 0 heterocycles. The monoisotopic (exact) mass is 417 g/mol. The molecule has 146 valence electrons. The lowest BCUT2D eigenvalue weighted by atomic mass is 10.1. The summed E-state index contributed by atoms with van der Waals surface area (Å²) in [6, 6.07) is 19.5. The highest BCUT2D eigenvalue weighted by Gasteiger charge is 2.17. The van der Waals surface area contributed by atoms with Crippen molar-refractivity contribution in [1.82, 2.24) is 4.72 Å². The molecule has 0 saturated carbocycles. The molecule has 0 radical (unpaired) electrons. The van der Waals surface area contributed by atoms with Crippen LogP contribution in [0.3, 0.4) is 0 Å². The lowest BCUT2D eigenvalue weighted by Crippen LogP contribution is -2.27. The van der Waals surface area contributed by atoms with E-state index >= 15 is 0 Å². The fourth-order valence-electron chi connectivity index (χ4n) is 2.83. The van der Waals surface area contributed by atoms with Gasteiger partial charge in [0.15, 0.2) is 0 Å². The van der Waals surface area contributed by atoms with E-state index in [0.29, 0.717) is 10.6 Å². The largest absolute Gasteiger partial charge is 0.458 e. The minimum absolute atomic E-state index is 0.0523. The minimum Gasteiger partial charge on any atom is -0.458 e. The van der Waals surface area contributed by atoms with Gasteiger partial charge < -0.3 is 4.74 Å². The van der Waals surface area contributed by atoms with Crippen molar-refractivity contribution in [2.75, 3.05) is 6.54 Å². The Bertz CT molecular complexity index is 1100. The Morgan fingerprint density at radius 1 is 1.04 bits per heavy atom. The van der Waals surface area contributed by atoms with Gasteiger partial charge in [-0.2, -0.15) is 0 Å². The van der Waals surface area contributed by atoms with Crippen LogP contribution in [0.25, 0.3) is 10.8 Å². The van der Waals surface area contributed by atoms with Crippen LogP contribution >= 0.6 is 11.6 Å². The minimum atomic E-state index is -3.71. The number of halogens is 1. The molecule has 0 aliphatic rings. The zero-order valence-electron chi connectivity index (χ0n) is 15.3. The highest BCUT2D eigenvalue weighted by molar-refractivity contribution is 7.89. The summed E-state index contributed by atoms with van der Waals surface area (Å²) in [5.41, 5.74) is 0.703. The number of rotatable bonds is 7. The van der Waals surface area contributed by atoms with Gasteiger partial charge in [-0.1, -0.05) is 60.1 Å². The number of carbonyl (C=O) groups is 1. The number of carbonyl (C=O) groups excluding carboxylic acids is 1. The second-order valence-corrected chi connectivity index (χ2v) is 8.48. The Balaban J connectivity index is 1.57. The van der Waals surface area contributed by atoms with Gasteiger partial charge in [-0.05, 0) is 35.9 Å². The summed E-state index contributed by atoms with van der Waals surface area (Å²) in [4.78, 5) is 12.2. The van der Waals surface area contributed by atoms with Crippen molar-refractivity contribution in [1.29, 1.82) is 0 Å². The van der Waals surface area contributed by atoms with Gasteiger partial charge in [0.1, 0.15) is 6.10 Å². The van der Waals surface area contributed by atoms with Crippen molar-refractivity contribution < 1.29 is 17.9 Å². The van der Waals surface area contributed by atoms with Gasteiger partial charge in [0, 0.05) is 17.1 Å². The predicted octanol–water partition coefficient (Wildman–Crippen LogP) is 4.47. The molecule has 3 aromatic rings. The van der Waals surface area contributed by atoms with Crippen molar-refractivity contribution in [3.8, 4) is 0 Å². The molecule has 0 aliphatic carbocycles. The molecule has 0 aromatic heterocycles. The van der Waals surface area contributed by atoms with E-state index in [4.69, 9.17) is 16.3 Å². The summed E-state index contributed by atoms with van der Waals surface area (Å²) in [5.74, 6) is -0.506. The fraction of sp³-hybridized carbons (Fsp3) is 0.190. The molecule has 0 aliphatic heterocycles. The van der Waals surface area contributed by atoms with Gasteiger partial charge in [0.25, 0.3) is 0 Å². The van der Waals surface area contributed by atoms with Crippen LogP contribution in [-0.2, 0) is 19.6 Å². The van der Waals surface area contributed by atoms with Gasteiger partial charge in [-0.25, -0.2) is 13.1 Å². The molecule has 3 rings (SSSR count). The van der Waals surface area contributed by atoms with Crippen LogP contribution in [-0.4, -0.2) is 20.9 Å². The predicted molar refractivity (Wildman–Crippen MR) is 110 cm³/mol. The highest BCUT2D eigenvalue weighted by atomic mass is 35.5. The number of hydrogen-bond donors (Lipinski definition) is 1.